The monoisotopic (exact) mass is 271 g/mol. The lowest BCUT2D eigenvalue weighted by Gasteiger charge is -2.40. The van der Waals surface area contributed by atoms with Gasteiger partial charge in [-0.05, 0) is 19.4 Å². The highest BCUT2D eigenvalue weighted by atomic mass is 16.5. The first-order valence-corrected chi connectivity index (χ1v) is 7.73. The van der Waals surface area contributed by atoms with Crippen molar-refractivity contribution < 1.29 is 4.74 Å². The van der Waals surface area contributed by atoms with Gasteiger partial charge in [-0.3, -0.25) is 4.90 Å². The first-order valence-electron chi connectivity index (χ1n) is 7.73. The molecule has 0 aromatic carbocycles. The van der Waals surface area contributed by atoms with Crippen LogP contribution < -0.4 is 5.32 Å². The van der Waals surface area contributed by atoms with Crippen molar-refractivity contribution in [2.24, 2.45) is 5.92 Å². The van der Waals surface area contributed by atoms with Gasteiger partial charge in [-0.15, -0.1) is 0 Å². The SMILES string of the molecule is CCC(COC)NCC(C(C)C)N1CCN(C)CC1. The van der Waals surface area contributed by atoms with E-state index >= 15 is 0 Å². The number of hydrogen-bond acceptors (Lipinski definition) is 4. The molecule has 0 amide bonds. The fourth-order valence-electron chi connectivity index (χ4n) is 2.75. The van der Waals surface area contributed by atoms with Crippen LogP contribution in [0.2, 0.25) is 0 Å². The van der Waals surface area contributed by atoms with Crippen molar-refractivity contribution in [2.75, 3.05) is 53.5 Å². The van der Waals surface area contributed by atoms with Crippen molar-refractivity contribution in [1.29, 1.82) is 0 Å². The van der Waals surface area contributed by atoms with Crippen LogP contribution >= 0.6 is 0 Å². The van der Waals surface area contributed by atoms with E-state index in [2.05, 4.69) is 42.9 Å². The lowest BCUT2D eigenvalue weighted by Crippen LogP contribution is -2.54. The number of ether oxygens (including phenoxy) is 1. The predicted octanol–water partition coefficient (Wildman–Crippen LogP) is 1.27. The van der Waals surface area contributed by atoms with Crippen LogP contribution in [0.4, 0.5) is 0 Å². The van der Waals surface area contributed by atoms with E-state index < -0.39 is 0 Å². The maximum Gasteiger partial charge on any atom is 0.0615 e. The molecule has 19 heavy (non-hydrogen) atoms. The Hall–Kier alpha value is -0.160. The van der Waals surface area contributed by atoms with E-state index in [1.165, 1.54) is 26.2 Å². The van der Waals surface area contributed by atoms with Crippen LogP contribution in [0, 0.1) is 5.92 Å². The van der Waals surface area contributed by atoms with Gasteiger partial charge in [-0.2, -0.15) is 0 Å². The molecule has 1 fully saturated rings. The Morgan fingerprint density at radius 1 is 1.16 bits per heavy atom. The van der Waals surface area contributed by atoms with Crippen LogP contribution in [-0.4, -0.2) is 75.4 Å². The minimum atomic E-state index is 0.485. The van der Waals surface area contributed by atoms with E-state index in [1.807, 2.05) is 0 Å². The highest BCUT2D eigenvalue weighted by molar-refractivity contribution is 4.82. The zero-order valence-corrected chi connectivity index (χ0v) is 13.5. The third-order valence-electron chi connectivity index (χ3n) is 4.25. The van der Waals surface area contributed by atoms with Crippen molar-refractivity contribution in [3.63, 3.8) is 0 Å². The summed E-state index contributed by atoms with van der Waals surface area (Å²) >= 11 is 0. The summed E-state index contributed by atoms with van der Waals surface area (Å²) in [5.41, 5.74) is 0. The molecule has 0 aliphatic carbocycles. The highest BCUT2D eigenvalue weighted by Crippen LogP contribution is 2.13. The largest absolute Gasteiger partial charge is 0.383 e. The van der Waals surface area contributed by atoms with Gasteiger partial charge in [0.1, 0.15) is 0 Å². The average Bonchev–Trinajstić information content (AvgIpc) is 2.39. The number of hydrogen-bond donors (Lipinski definition) is 1. The number of rotatable bonds is 8. The van der Waals surface area contributed by atoms with Crippen molar-refractivity contribution in [2.45, 2.75) is 39.3 Å². The van der Waals surface area contributed by atoms with Gasteiger partial charge in [-0.25, -0.2) is 0 Å². The quantitative estimate of drug-likeness (QED) is 0.719. The summed E-state index contributed by atoms with van der Waals surface area (Å²) in [6, 6.07) is 1.12. The van der Waals surface area contributed by atoms with Gasteiger partial charge in [0, 0.05) is 51.9 Å². The minimum Gasteiger partial charge on any atom is -0.383 e. The molecule has 2 atom stereocenters. The van der Waals surface area contributed by atoms with Crippen molar-refractivity contribution in [3.8, 4) is 0 Å². The molecule has 1 saturated heterocycles. The Balaban J connectivity index is 2.44. The Morgan fingerprint density at radius 3 is 2.26 bits per heavy atom. The normalized spacial score (nSPS) is 21.8. The molecule has 1 rings (SSSR count). The van der Waals surface area contributed by atoms with Gasteiger partial charge >= 0.3 is 0 Å². The molecule has 0 saturated carbocycles. The average molecular weight is 271 g/mol. The Kier molecular flexibility index (Phi) is 7.91. The maximum atomic E-state index is 5.26. The first kappa shape index (κ1) is 16.9. The number of methoxy groups -OCH3 is 1. The molecule has 114 valence electrons. The third kappa shape index (κ3) is 5.78. The summed E-state index contributed by atoms with van der Waals surface area (Å²) in [6.07, 6.45) is 1.13. The smallest absolute Gasteiger partial charge is 0.0615 e. The van der Waals surface area contributed by atoms with Gasteiger partial charge in [0.05, 0.1) is 6.61 Å². The molecule has 1 heterocycles. The summed E-state index contributed by atoms with van der Waals surface area (Å²) in [6.45, 7) is 13.6. The number of piperazine rings is 1. The fourth-order valence-corrected chi connectivity index (χ4v) is 2.75. The molecule has 0 bridgehead atoms. The van der Waals surface area contributed by atoms with Gasteiger partial charge in [0.15, 0.2) is 0 Å². The second-order valence-electron chi connectivity index (χ2n) is 6.12. The van der Waals surface area contributed by atoms with Crippen LogP contribution in [-0.2, 0) is 4.74 Å². The lowest BCUT2D eigenvalue weighted by molar-refractivity contribution is 0.0818. The second kappa shape index (κ2) is 8.90. The number of nitrogens with one attached hydrogen (secondary N) is 1. The molecular formula is C15H33N3O. The number of likely N-dealkylation sites (N-methyl/N-ethyl adjacent to an activating group) is 1. The van der Waals surface area contributed by atoms with Gasteiger partial charge in [0.2, 0.25) is 0 Å². The number of nitrogens with zero attached hydrogens (tertiary/aromatic N) is 2. The molecule has 0 aromatic heterocycles. The van der Waals surface area contributed by atoms with Crippen LogP contribution in [0.25, 0.3) is 0 Å². The molecule has 1 N–H and O–H groups in total. The first-order chi connectivity index (χ1) is 9.08. The second-order valence-corrected chi connectivity index (χ2v) is 6.12. The summed E-state index contributed by atoms with van der Waals surface area (Å²) in [7, 11) is 4.00. The Morgan fingerprint density at radius 2 is 1.79 bits per heavy atom. The minimum absolute atomic E-state index is 0.485. The lowest BCUT2D eigenvalue weighted by atomic mass is 10.0. The van der Waals surface area contributed by atoms with Gasteiger partial charge in [0.25, 0.3) is 0 Å². The Labute approximate surface area is 119 Å². The Bertz CT molecular complexity index is 227. The van der Waals surface area contributed by atoms with Crippen LogP contribution in [0.1, 0.15) is 27.2 Å². The zero-order chi connectivity index (χ0) is 14.3. The summed E-state index contributed by atoms with van der Waals surface area (Å²) in [4.78, 5) is 5.07. The molecule has 0 aromatic rings. The van der Waals surface area contributed by atoms with Gasteiger partial charge < -0.3 is 15.0 Å². The predicted molar refractivity (Wildman–Crippen MR) is 81.7 cm³/mol. The van der Waals surface area contributed by atoms with E-state index in [0.717, 1.165) is 19.6 Å². The van der Waals surface area contributed by atoms with E-state index in [1.54, 1.807) is 7.11 Å². The molecule has 0 spiro atoms. The summed E-state index contributed by atoms with van der Waals surface area (Å²) in [5.74, 6) is 0.691. The molecule has 0 radical (unpaired) electrons. The third-order valence-corrected chi connectivity index (χ3v) is 4.25. The van der Waals surface area contributed by atoms with E-state index in [0.29, 0.717) is 18.0 Å². The van der Waals surface area contributed by atoms with Crippen LogP contribution in [0.5, 0.6) is 0 Å². The fraction of sp³-hybridized carbons (Fsp3) is 1.00. The molecule has 4 heteroatoms. The highest BCUT2D eigenvalue weighted by Gasteiger charge is 2.25. The van der Waals surface area contributed by atoms with Gasteiger partial charge in [-0.1, -0.05) is 20.8 Å². The summed E-state index contributed by atoms with van der Waals surface area (Å²) < 4.78 is 5.26. The molecule has 2 unspecified atom stereocenters. The molecular weight excluding hydrogens is 238 g/mol. The van der Waals surface area contributed by atoms with Crippen molar-refractivity contribution in [1.82, 2.24) is 15.1 Å². The topological polar surface area (TPSA) is 27.7 Å². The molecule has 1 aliphatic heterocycles. The van der Waals surface area contributed by atoms with Crippen LogP contribution in [0.3, 0.4) is 0 Å². The molecule has 1 aliphatic rings. The van der Waals surface area contributed by atoms with E-state index in [-0.39, 0.29) is 0 Å². The van der Waals surface area contributed by atoms with Crippen LogP contribution in [0.15, 0.2) is 0 Å². The zero-order valence-electron chi connectivity index (χ0n) is 13.5. The summed E-state index contributed by atoms with van der Waals surface area (Å²) in [5, 5.41) is 3.68. The van der Waals surface area contributed by atoms with Crippen molar-refractivity contribution in [3.05, 3.63) is 0 Å². The van der Waals surface area contributed by atoms with Crippen molar-refractivity contribution >= 4 is 0 Å². The van der Waals surface area contributed by atoms with E-state index in [9.17, 15) is 0 Å². The maximum absolute atomic E-state index is 5.26. The van der Waals surface area contributed by atoms with E-state index in [4.69, 9.17) is 4.74 Å². The molecule has 4 nitrogen and oxygen atoms in total. The standard InChI is InChI=1S/C15H33N3O/c1-6-14(12-19-5)16-11-15(13(2)3)18-9-7-17(4)8-10-18/h13-16H,6-12H2,1-5H3.